The van der Waals surface area contributed by atoms with Gasteiger partial charge in [0.2, 0.25) is 0 Å². The van der Waals surface area contributed by atoms with Gasteiger partial charge >= 0.3 is 0 Å². The second kappa shape index (κ2) is 19.4. The van der Waals surface area contributed by atoms with Crippen LogP contribution in [-0.2, 0) is 23.7 Å². The topological polar surface area (TPSA) is 70.2 Å². The van der Waals surface area contributed by atoms with Crippen molar-refractivity contribution >= 4 is 11.8 Å². The van der Waals surface area contributed by atoms with Crippen molar-refractivity contribution in [1.82, 2.24) is 10.6 Å². The molecular formula is C16H34N2O5S. The highest BCUT2D eigenvalue weighted by Crippen LogP contribution is 1.98. The Morgan fingerprint density at radius 1 is 0.417 bits per heavy atom. The number of rotatable bonds is 0. The highest BCUT2D eigenvalue weighted by molar-refractivity contribution is 7.99. The minimum Gasteiger partial charge on any atom is -0.379 e. The Hall–Kier alpha value is 0.0700. The molecule has 0 aromatic carbocycles. The Morgan fingerprint density at radius 2 is 0.750 bits per heavy atom. The van der Waals surface area contributed by atoms with Crippen LogP contribution in [0.2, 0.25) is 0 Å². The van der Waals surface area contributed by atoms with Crippen molar-refractivity contribution < 1.29 is 23.7 Å². The molecule has 0 spiro atoms. The Kier molecular flexibility index (Phi) is 17.9. The van der Waals surface area contributed by atoms with Gasteiger partial charge in [-0.2, -0.15) is 11.8 Å². The second-order valence-corrected chi connectivity index (χ2v) is 6.40. The van der Waals surface area contributed by atoms with Gasteiger partial charge in [0.1, 0.15) is 0 Å². The van der Waals surface area contributed by atoms with E-state index in [0.29, 0.717) is 39.6 Å². The van der Waals surface area contributed by atoms with Crippen molar-refractivity contribution in [2.75, 3.05) is 104 Å². The smallest absolute Gasteiger partial charge is 0.0701 e. The summed E-state index contributed by atoms with van der Waals surface area (Å²) in [6.45, 7) is 10.3. The van der Waals surface area contributed by atoms with Gasteiger partial charge in [0.25, 0.3) is 0 Å². The Bertz CT molecular complexity index is 142. The van der Waals surface area contributed by atoms with E-state index in [0.717, 1.165) is 64.1 Å². The zero-order valence-corrected chi connectivity index (χ0v) is 15.6. The fraction of sp³-hybridized carbons (Fsp3) is 1.00. The summed E-state index contributed by atoms with van der Waals surface area (Å²) >= 11 is 1.87. The first-order chi connectivity index (χ1) is 12.0. The molecular weight excluding hydrogens is 332 g/mol. The van der Waals surface area contributed by atoms with Crippen LogP contribution in [0.1, 0.15) is 0 Å². The molecule has 0 radical (unpaired) electrons. The van der Waals surface area contributed by atoms with Crippen molar-refractivity contribution in [3.8, 4) is 0 Å². The Balaban J connectivity index is 2.00. The minimum absolute atomic E-state index is 0.611. The molecule has 0 amide bonds. The zero-order chi connectivity index (χ0) is 17.0. The average Bonchev–Trinajstić information content (AvgIpc) is 2.59. The van der Waals surface area contributed by atoms with Crippen molar-refractivity contribution in [2.45, 2.75) is 0 Å². The molecule has 2 N–H and O–H groups in total. The first kappa shape index (κ1) is 22.1. The van der Waals surface area contributed by atoms with Crippen LogP contribution >= 0.6 is 11.8 Å². The zero-order valence-electron chi connectivity index (χ0n) is 14.8. The molecule has 7 nitrogen and oxygen atoms in total. The van der Waals surface area contributed by atoms with Crippen LogP contribution in [0.4, 0.5) is 0 Å². The number of hydrogen-bond acceptors (Lipinski definition) is 8. The van der Waals surface area contributed by atoms with Gasteiger partial charge in [0, 0.05) is 37.7 Å². The van der Waals surface area contributed by atoms with Crippen molar-refractivity contribution in [3.05, 3.63) is 0 Å². The van der Waals surface area contributed by atoms with Gasteiger partial charge in [-0.25, -0.2) is 0 Å². The molecule has 8 heteroatoms. The van der Waals surface area contributed by atoms with Gasteiger partial charge in [-0.3, -0.25) is 0 Å². The SMILES string of the molecule is C1COCCOCCOCCNCCOCCSCCOCCN1. The molecule has 0 aromatic heterocycles. The first-order valence-electron chi connectivity index (χ1n) is 8.88. The summed E-state index contributed by atoms with van der Waals surface area (Å²) < 4.78 is 27.5. The van der Waals surface area contributed by atoms with Crippen LogP contribution in [0, 0.1) is 0 Å². The predicted molar refractivity (Wildman–Crippen MR) is 97.2 cm³/mol. The molecule has 0 unspecified atom stereocenters. The normalized spacial score (nSPS) is 24.0. The predicted octanol–water partition coefficient (Wildman–Crippen LogP) is -0.00460. The summed E-state index contributed by atoms with van der Waals surface area (Å²) in [6, 6.07) is 0. The van der Waals surface area contributed by atoms with Crippen molar-refractivity contribution in [3.63, 3.8) is 0 Å². The lowest BCUT2D eigenvalue weighted by atomic mass is 10.6. The molecule has 0 bridgehead atoms. The first-order valence-corrected chi connectivity index (χ1v) is 10.0. The molecule has 1 saturated heterocycles. The Labute approximate surface area is 150 Å². The molecule has 144 valence electrons. The third kappa shape index (κ3) is 16.9. The van der Waals surface area contributed by atoms with Crippen molar-refractivity contribution in [2.24, 2.45) is 0 Å². The van der Waals surface area contributed by atoms with Gasteiger partial charge in [-0.1, -0.05) is 0 Å². The van der Waals surface area contributed by atoms with Crippen LogP contribution in [0.3, 0.4) is 0 Å². The number of nitrogens with one attached hydrogen (secondary N) is 2. The lowest BCUT2D eigenvalue weighted by Gasteiger charge is -2.09. The fourth-order valence-corrected chi connectivity index (χ4v) is 2.59. The second-order valence-electron chi connectivity index (χ2n) is 5.17. The van der Waals surface area contributed by atoms with Crippen molar-refractivity contribution in [1.29, 1.82) is 0 Å². The molecule has 1 aliphatic heterocycles. The number of hydrogen-bond donors (Lipinski definition) is 2. The molecule has 1 rings (SSSR count). The third-order valence-corrected chi connectivity index (χ3v) is 4.09. The molecule has 0 saturated carbocycles. The lowest BCUT2D eigenvalue weighted by Crippen LogP contribution is -2.25. The van der Waals surface area contributed by atoms with E-state index in [1.54, 1.807) is 0 Å². The minimum atomic E-state index is 0.611. The van der Waals surface area contributed by atoms with E-state index in [1.165, 1.54) is 0 Å². The Morgan fingerprint density at radius 3 is 1.17 bits per heavy atom. The van der Waals surface area contributed by atoms with Gasteiger partial charge in [-0.05, 0) is 0 Å². The van der Waals surface area contributed by atoms with E-state index in [1.807, 2.05) is 11.8 Å². The van der Waals surface area contributed by atoms with Gasteiger partial charge in [0.15, 0.2) is 0 Å². The highest BCUT2D eigenvalue weighted by atomic mass is 32.2. The van der Waals surface area contributed by atoms with Gasteiger partial charge < -0.3 is 34.3 Å². The van der Waals surface area contributed by atoms with Gasteiger partial charge in [0.05, 0.1) is 66.1 Å². The molecule has 0 aliphatic carbocycles. The quantitative estimate of drug-likeness (QED) is 0.621. The summed E-state index contributed by atoms with van der Waals surface area (Å²) in [4.78, 5) is 0. The average molecular weight is 367 g/mol. The summed E-state index contributed by atoms with van der Waals surface area (Å²) in [5.41, 5.74) is 0. The van der Waals surface area contributed by atoms with Crippen LogP contribution in [-0.4, -0.2) is 104 Å². The lowest BCUT2D eigenvalue weighted by molar-refractivity contribution is 0.0153. The maximum Gasteiger partial charge on any atom is 0.0701 e. The third-order valence-electron chi connectivity index (χ3n) is 3.18. The van der Waals surface area contributed by atoms with E-state index in [4.69, 9.17) is 23.7 Å². The molecule has 0 atom stereocenters. The standard InChI is InChI=1S/C16H34N2O5S/c1-5-19-9-11-23-12-10-20-6-2-18-4-8-22-14-16-24-15-13-21-7-3-17-1/h17-18H,1-16H2. The molecule has 1 heterocycles. The molecule has 24 heavy (non-hydrogen) atoms. The highest BCUT2D eigenvalue weighted by Gasteiger charge is 1.95. The molecule has 1 aliphatic rings. The number of thioether (sulfide) groups is 1. The maximum absolute atomic E-state index is 5.56. The molecule has 1 fully saturated rings. The summed E-state index contributed by atoms with van der Waals surface area (Å²) in [5.74, 6) is 2.03. The van der Waals surface area contributed by atoms with E-state index in [-0.39, 0.29) is 0 Å². The largest absolute Gasteiger partial charge is 0.379 e. The van der Waals surface area contributed by atoms with Crippen LogP contribution in [0.15, 0.2) is 0 Å². The summed E-state index contributed by atoms with van der Waals surface area (Å²) in [7, 11) is 0. The van der Waals surface area contributed by atoms with Crippen LogP contribution < -0.4 is 10.6 Å². The van der Waals surface area contributed by atoms with Crippen LogP contribution in [0.5, 0.6) is 0 Å². The van der Waals surface area contributed by atoms with E-state index in [9.17, 15) is 0 Å². The maximum atomic E-state index is 5.56. The van der Waals surface area contributed by atoms with E-state index >= 15 is 0 Å². The van der Waals surface area contributed by atoms with E-state index in [2.05, 4.69) is 10.6 Å². The summed E-state index contributed by atoms with van der Waals surface area (Å²) in [5, 5.41) is 6.58. The van der Waals surface area contributed by atoms with E-state index < -0.39 is 0 Å². The number of ether oxygens (including phenoxy) is 5. The monoisotopic (exact) mass is 366 g/mol. The molecule has 0 aromatic rings. The summed E-state index contributed by atoms with van der Waals surface area (Å²) in [6.07, 6.45) is 0. The van der Waals surface area contributed by atoms with Gasteiger partial charge in [-0.15, -0.1) is 0 Å². The van der Waals surface area contributed by atoms with Crippen LogP contribution in [0.25, 0.3) is 0 Å². The fourth-order valence-electron chi connectivity index (χ4n) is 1.91.